The largest absolute Gasteiger partial charge is 0.491 e. The molecular formula is C25H36N2O4S. The van der Waals surface area contributed by atoms with Gasteiger partial charge in [0.2, 0.25) is 15.9 Å². The summed E-state index contributed by atoms with van der Waals surface area (Å²) in [7, 11) is -3.42. The Morgan fingerprint density at radius 1 is 1.03 bits per heavy atom. The number of sulfonamides is 1. The van der Waals surface area contributed by atoms with E-state index in [-0.39, 0.29) is 25.0 Å². The number of anilines is 1. The van der Waals surface area contributed by atoms with Gasteiger partial charge in [-0.25, -0.2) is 8.42 Å². The highest BCUT2D eigenvalue weighted by Gasteiger charge is 2.18. The first kappa shape index (κ1) is 25.7. The predicted octanol–water partition coefficient (Wildman–Crippen LogP) is 4.39. The van der Waals surface area contributed by atoms with Crippen molar-refractivity contribution in [2.45, 2.75) is 59.5 Å². The number of aryl methyl sites for hydroxylation is 3. The fourth-order valence-corrected chi connectivity index (χ4v) is 4.53. The van der Waals surface area contributed by atoms with E-state index in [4.69, 9.17) is 4.74 Å². The molecule has 0 spiro atoms. The molecule has 0 radical (unpaired) electrons. The van der Waals surface area contributed by atoms with Gasteiger partial charge < -0.3 is 10.1 Å². The molecule has 32 heavy (non-hydrogen) atoms. The average molecular weight is 461 g/mol. The van der Waals surface area contributed by atoms with Crippen LogP contribution in [0.3, 0.4) is 0 Å². The second kappa shape index (κ2) is 11.9. The highest BCUT2D eigenvalue weighted by molar-refractivity contribution is 7.92. The van der Waals surface area contributed by atoms with Crippen LogP contribution in [-0.2, 0) is 21.2 Å². The molecule has 2 aromatic rings. The molecule has 2 rings (SSSR count). The molecule has 0 saturated carbocycles. The first-order valence-corrected chi connectivity index (χ1v) is 13.0. The lowest BCUT2D eigenvalue weighted by Crippen LogP contribution is -2.32. The molecule has 7 heteroatoms. The Labute approximate surface area is 193 Å². The summed E-state index contributed by atoms with van der Waals surface area (Å²) in [5, 5.41) is 2.93. The zero-order valence-electron chi connectivity index (χ0n) is 19.8. The van der Waals surface area contributed by atoms with E-state index >= 15 is 0 Å². The summed E-state index contributed by atoms with van der Waals surface area (Å²) < 4.78 is 31.6. The molecule has 0 aliphatic rings. The van der Waals surface area contributed by atoms with E-state index in [1.54, 1.807) is 0 Å². The molecule has 6 nitrogen and oxygen atoms in total. The molecule has 0 aliphatic carbocycles. The summed E-state index contributed by atoms with van der Waals surface area (Å²) in [4.78, 5) is 12.2. The van der Waals surface area contributed by atoms with Crippen LogP contribution in [0.5, 0.6) is 5.75 Å². The number of benzene rings is 2. The number of hydrogen-bond donors (Lipinski definition) is 1. The van der Waals surface area contributed by atoms with Gasteiger partial charge in [0.25, 0.3) is 0 Å². The van der Waals surface area contributed by atoms with Gasteiger partial charge in [-0.2, -0.15) is 0 Å². The van der Waals surface area contributed by atoms with Gasteiger partial charge in [-0.15, -0.1) is 0 Å². The summed E-state index contributed by atoms with van der Waals surface area (Å²) in [6.45, 7) is 8.75. The van der Waals surface area contributed by atoms with Crippen molar-refractivity contribution >= 4 is 21.6 Å². The van der Waals surface area contributed by atoms with Crippen LogP contribution in [0.2, 0.25) is 0 Å². The lowest BCUT2D eigenvalue weighted by Gasteiger charge is -2.23. The van der Waals surface area contributed by atoms with Gasteiger partial charge in [0.15, 0.2) is 0 Å². The Bertz CT molecular complexity index is 965. The van der Waals surface area contributed by atoms with Crippen molar-refractivity contribution in [2.24, 2.45) is 0 Å². The quantitative estimate of drug-likeness (QED) is 0.477. The monoisotopic (exact) mass is 460 g/mol. The van der Waals surface area contributed by atoms with Crippen LogP contribution >= 0.6 is 0 Å². The van der Waals surface area contributed by atoms with Crippen molar-refractivity contribution in [3.63, 3.8) is 0 Å². The van der Waals surface area contributed by atoms with Gasteiger partial charge >= 0.3 is 0 Å². The van der Waals surface area contributed by atoms with E-state index in [2.05, 4.69) is 5.32 Å². The Morgan fingerprint density at radius 2 is 1.66 bits per heavy atom. The maximum Gasteiger partial charge on any atom is 0.232 e. The zero-order chi connectivity index (χ0) is 23.7. The number of amides is 1. The third-order valence-electron chi connectivity index (χ3n) is 4.92. The number of rotatable bonds is 12. The number of carbonyl (C=O) groups is 1. The molecule has 0 heterocycles. The van der Waals surface area contributed by atoms with Gasteiger partial charge in [-0.05, 0) is 87.9 Å². The summed E-state index contributed by atoms with van der Waals surface area (Å²) in [6, 6.07) is 13.8. The van der Waals surface area contributed by atoms with Crippen molar-refractivity contribution in [1.29, 1.82) is 0 Å². The van der Waals surface area contributed by atoms with E-state index < -0.39 is 10.0 Å². The maximum absolute atomic E-state index is 12.3. The van der Waals surface area contributed by atoms with Crippen molar-refractivity contribution < 1.29 is 17.9 Å². The van der Waals surface area contributed by atoms with E-state index in [1.165, 1.54) is 16.1 Å². The second-order valence-electron chi connectivity index (χ2n) is 8.55. The van der Waals surface area contributed by atoms with Crippen molar-refractivity contribution in [3.8, 4) is 5.75 Å². The van der Waals surface area contributed by atoms with Crippen LogP contribution < -0.4 is 14.4 Å². The summed E-state index contributed by atoms with van der Waals surface area (Å²) in [5.74, 6) is 0.806. The van der Waals surface area contributed by atoms with Crippen LogP contribution in [0.1, 0.15) is 49.8 Å². The Balaban J connectivity index is 1.75. The third-order valence-corrected chi connectivity index (χ3v) is 6.11. The van der Waals surface area contributed by atoms with E-state index in [0.29, 0.717) is 18.7 Å². The maximum atomic E-state index is 12.3. The van der Waals surface area contributed by atoms with E-state index in [0.717, 1.165) is 29.7 Å². The average Bonchev–Trinajstić information content (AvgIpc) is 2.67. The Hall–Kier alpha value is -2.54. The number of ether oxygens (including phenoxy) is 1. The predicted molar refractivity (Wildman–Crippen MR) is 131 cm³/mol. The number of nitrogens with zero attached hydrogens (tertiary/aromatic N) is 1. The standard InChI is InChI=1S/C25H36N2O4S/c1-19(2)31-24-12-10-22(11-13-24)8-6-14-26-25(28)9-7-15-27(32(5,29)30)23-17-20(3)16-21(4)18-23/h10-13,16-19H,6-9,14-15H2,1-5H3,(H,26,28). The van der Waals surface area contributed by atoms with Crippen molar-refractivity contribution in [2.75, 3.05) is 23.7 Å². The molecule has 0 fully saturated rings. The van der Waals surface area contributed by atoms with Crippen LogP contribution in [0.15, 0.2) is 42.5 Å². The van der Waals surface area contributed by atoms with Crippen LogP contribution in [0.25, 0.3) is 0 Å². The van der Waals surface area contributed by atoms with Crippen molar-refractivity contribution in [1.82, 2.24) is 5.32 Å². The highest BCUT2D eigenvalue weighted by Crippen LogP contribution is 2.22. The summed E-state index contributed by atoms with van der Waals surface area (Å²) >= 11 is 0. The lowest BCUT2D eigenvalue weighted by molar-refractivity contribution is -0.121. The van der Waals surface area contributed by atoms with Crippen LogP contribution in [0.4, 0.5) is 5.69 Å². The fraction of sp³-hybridized carbons (Fsp3) is 0.480. The smallest absolute Gasteiger partial charge is 0.232 e. The van der Waals surface area contributed by atoms with Gasteiger partial charge in [0.1, 0.15) is 5.75 Å². The summed E-state index contributed by atoms with van der Waals surface area (Å²) in [5.41, 5.74) is 3.87. The Morgan fingerprint density at radius 3 is 2.22 bits per heavy atom. The SMILES string of the molecule is Cc1cc(C)cc(N(CCCC(=O)NCCCc2ccc(OC(C)C)cc2)S(C)(=O)=O)c1. The molecule has 0 atom stereocenters. The van der Waals surface area contributed by atoms with Crippen LogP contribution in [-0.4, -0.2) is 39.8 Å². The first-order valence-electron chi connectivity index (χ1n) is 11.1. The minimum Gasteiger partial charge on any atom is -0.491 e. The van der Waals surface area contributed by atoms with E-state index in [9.17, 15) is 13.2 Å². The molecule has 0 unspecified atom stereocenters. The zero-order valence-corrected chi connectivity index (χ0v) is 20.7. The van der Waals surface area contributed by atoms with Crippen molar-refractivity contribution in [3.05, 3.63) is 59.2 Å². The highest BCUT2D eigenvalue weighted by atomic mass is 32.2. The second-order valence-corrected chi connectivity index (χ2v) is 10.5. The lowest BCUT2D eigenvalue weighted by atomic mass is 10.1. The molecule has 176 valence electrons. The van der Waals surface area contributed by atoms with Gasteiger partial charge in [0, 0.05) is 19.5 Å². The normalized spacial score (nSPS) is 11.4. The summed E-state index contributed by atoms with van der Waals surface area (Å²) in [6.07, 6.45) is 3.82. The molecule has 1 amide bonds. The molecule has 0 aromatic heterocycles. The van der Waals surface area contributed by atoms with E-state index in [1.807, 2.05) is 70.2 Å². The number of hydrogen-bond acceptors (Lipinski definition) is 4. The Kier molecular flexibility index (Phi) is 9.57. The molecule has 2 aromatic carbocycles. The fourth-order valence-electron chi connectivity index (χ4n) is 3.58. The molecule has 1 N–H and O–H groups in total. The van der Waals surface area contributed by atoms with Gasteiger partial charge in [0.05, 0.1) is 18.0 Å². The van der Waals surface area contributed by atoms with Gasteiger partial charge in [-0.1, -0.05) is 18.2 Å². The van der Waals surface area contributed by atoms with Crippen LogP contribution in [0, 0.1) is 13.8 Å². The topological polar surface area (TPSA) is 75.7 Å². The molecular weight excluding hydrogens is 424 g/mol. The number of carbonyl (C=O) groups excluding carboxylic acids is 1. The molecule has 0 saturated heterocycles. The number of nitrogens with one attached hydrogen (secondary N) is 1. The minimum atomic E-state index is -3.42. The first-order chi connectivity index (χ1) is 15.0. The molecule has 0 aliphatic heterocycles. The van der Waals surface area contributed by atoms with Gasteiger partial charge in [-0.3, -0.25) is 9.10 Å². The molecule has 0 bridgehead atoms. The third kappa shape index (κ3) is 8.91. The minimum absolute atomic E-state index is 0.0560.